The van der Waals surface area contributed by atoms with Gasteiger partial charge in [-0.2, -0.15) is 0 Å². The molecule has 0 radical (unpaired) electrons. The van der Waals surface area contributed by atoms with E-state index >= 15 is 0 Å². The summed E-state index contributed by atoms with van der Waals surface area (Å²) in [5.41, 5.74) is 3.01. The van der Waals surface area contributed by atoms with Crippen LogP contribution in [-0.2, 0) is 6.54 Å². The van der Waals surface area contributed by atoms with Gasteiger partial charge in [0.25, 0.3) is 11.5 Å². The second-order valence-electron chi connectivity index (χ2n) is 7.36. The average molecular weight is 425 g/mol. The summed E-state index contributed by atoms with van der Waals surface area (Å²) in [6.07, 6.45) is 4.46. The first-order chi connectivity index (χ1) is 15.6. The minimum atomic E-state index is -0.746. The fraction of sp³-hybridized carbons (Fsp3) is 0.0833. The van der Waals surface area contributed by atoms with Crippen molar-refractivity contribution in [2.24, 2.45) is 0 Å². The number of hydrogen-bond acceptors (Lipinski definition) is 5. The van der Waals surface area contributed by atoms with Crippen LogP contribution >= 0.6 is 0 Å². The van der Waals surface area contributed by atoms with E-state index in [2.05, 4.69) is 15.3 Å². The van der Waals surface area contributed by atoms with Crippen molar-refractivity contribution in [2.45, 2.75) is 12.6 Å². The molecule has 1 unspecified atom stereocenters. The molecule has 32 heavy (non-hydrogen) atoms. The molecule has 0 saturated heterocycles. The number of aromatic nitrogens is 4. The first-order valence-corrected chi connectivity index (χ1v) is 10.1. The highest BCUT2D eigenvalue weighted by molar-refractivity contribution is 5.92. The van der Waals surface area contributed by atoms with Crippen LogP contribution in [0.4, 0.5) is 0 Å². The second-order valence-corrected chi connectivity index (χ2v) is 7.36. The summed E-state index contributed by atoms with van der Waals surface area (Å²) >= 11 is 0. The molecular weight excluding hydrogens is 406 g/mol. The summed E-state index contributed by atoms with van der Waals surface area (Å²) in [6.45, 7) is 0.174. The van der Waals surface area contributed by atoms with Crippen LogP contribution in [0.15, 0.2) is 90.1 Å². The number of nitrogens with one attached hydrogen (secondary N) is 1. The standard InChI is InChI=1S/C24H19N5O3/c30-22-12-19(27-21-8-4-5-11-29(21)22)24(32)25-13-18-15-28-14-17(9-10-20(28)26-18)23(31)16-6-2-1-3-7-16/h1-12,14-15,23,31H,13H2,(H,25,32). The summed E-state index contributed by atoms with van der Waals surface area (Å²) in [4.78, 5) is 33.5. The van der Waals surface area contributed by atoms with Crippen molar-refractivity contribution in [1.82, 2.24) is 24.1 Å². The van der Waals surface area contributed by atoms with Crippen molar-refractivity contribution in [3.63, 3.8) is 0 Å². The fourth-order valence-corrected chi connectivity index (χ4v) is 3.57. The Morgan fingerprint density at radius 3 is 2.59 bits per heavy atom. The number of fused-ring (bicyclic) bond motifs is 2. The third-order valence-electron chi connectivity index (χ3n) is 5.19. The predicted octanol–water partition coefficient (Wildman–Crippen LogP) is 2.35. The van der Waals surface area contributed by atoms with E-state index in [9.17, 15) is 14.7 Å². The maximum Gasteiger partial charge on any atom is 0.270 e. The van der Waals surface area contributed by atoms with Gasteiger partial charge in [-0.15, -0.1) is 0 Å². The second kappa shape index (κ2) is 8.09. The first-order valence-electron chi connectivity index (χ1n) is 10.1. The Hall–Kier alpha value is -4.30. The largest absolute Gasteiger partial charge is 0.384 e. The van der Waals surface area contributed by atoms with Crippen LogP contribution < -0.4 is 10.9 Å². The van der Waals surface area contributed by atoms with Crippen LogP contribution in [-0.4, -0.2) is 29.8 Å². The van der Waals surface area contributed by atoms with Gasteiger partial charge in [0.2, 0.25) is 0 Å². The highest BCUT2D eigenvalue weighted by atomic mass is 16.3. The Balaban J connectivity index is 1.33. The lowest BCUT2D eigenvalue weighted by Crippen LogP contribution is -2.27. The number of nitrogens with zero attached hydrogens (tertiary/aromatic N) is 4. The van der Waals surface area contributed by atoms with E-state index in [0.29, 0.717) is 17.0 Å². The van der Waals surface area contributed by atoms with Gasteiger partial charge >= 0.3 is 0 Å². The Bertz CT molecular complexity index is 1490. The van der Waals surface area contributed by atoms with Gasteiger partial charge in [-0.3, -0.25) is 14.0 Å². The third kappa shape index (κ3) is 3.75. The molecule has 0 aliphatic rings. The summed E-state index contributed by atoms with van der Waals surface area (Å²) in [5, 5.41) is 13.4. The lowest BCUT2D eigenvalue weighted by molar-refractivity contribution is 0.0945. The zero-order valence-electron chi connectivity index (χ0n) is 16.9. The molecule has 5 aromatic rings. The summed E-state index contributed by atoms with van der Waals surface area (Å²) in [5.74, 6) is -0.453. The van der Waals surface area contributed by atoms with Crippen LogP contribution in [0, 0.1) is 0 Å². The average Bonchev–Trinajstić information content (AvgIpc) is 3.25. The number of aliphatic hydroxyl groups is 1. The number of rotatable bonds is 5. The number of carbonyl (C=O) groups excluding carboxylic acids is 1. The van der Waals surface area contributed by atoms with Crippen LogP contribution in [0.5, 0.6) is 0 Å². The molecule has 5 rings (SSSR count). The molecule has 4 aromatic heterocycles. The molecule has 1 aromatic carbocycles. The van der Waals surface area contributed by atoms with Crippen molar-refractivity contribution in [3.05, 3.63) is 118 Å². The summed E-state index contributed by atoms with van der Waals surface area (Å²) in [6, 6.07) is 19.4. The van der Waals surface area contributed by atoms with E-state index in [1.807, 2.05) is 53.1 Å². The number of imidazole rings is 1. The van der Waals surface area contributed by atoms with E-state index < -0.39 is 12.0 Å². The lowest BCUT2D eigenvalue weighted by atomic mass is 10.0. The van der Waals surface area contributed by atoms with Gasteiger partial charge in [0.1, 0.15) is 23.1 Å². The zero-order valence-corrected chi connectivity index (χ0v) is 16.9. The molecule has 0 fully saturated rings. The van der Waals surface area contributed by atoms with E-state index in [0.717, 1.165) is 11.1 Å². The van der Waals surface area contributed by atoms with E-state index in [4.69, 9.17) is 0 Å². The molecule has 0 aliphatic carbocycles. The molecule has 8 nitrogen and oxygen atoms in total. The quantitative estimate of drug-likeness (QED) is 0.450. The third-order valence-corrected chi connectivity index (χ3v) is 5.19. The normalized spacial score (nSPS) is 12.2. The van der Waals surface area contributed by atoms with Gasteiger partial charge in [-0.25, -0.2) is 9.97 Å². The van der Waals surface area contributed by atoms with Gasteiger partial charge in [-0.05, 0) is 23.8 Å². The van der Waals surface area contributed by atoms with Crippen molar-refractivity contribution >= 4 is 17.2 Å². The van der Waals surface area contributed by atoms with Crippen LogP contribution in [0.25, 0.3) is 11.3 Å². The molecule has 0 aliphatic heterocycles. The van der Waals surface area contributed by atoms with E-state index in [1.165, 1.54) is 10.5 Å². The maximum absolute atomic E-state index is 12.5. The highest BCUT2D eigenvalue weighted by Gasteiger charge is 2.13. The molecule has 0 bridgehead atoms. The van der Waals surface area contributed by atoms with Crippen molar-refractivity contribution in [2.75, 3.05) is 0 Å². The smallest absolute Gasteiger partial charge is 0.270 e. The molecule has 1 amide bonds. The first kappa shape index (κ1) is 19.7. The van der Waals surface area contributed by atoms with Gasteiger partial charge in [-0.1, -0.05) is 42.5 Å². The van der Waals surface area contributed by atoms with Crippen molar-refractivity contribution in [3.8, 4) is 0 Å². The van der Waals surface area contributed by atoms with Gasteiger partial charge in [0.05, 0.1) is 12.2 Å². The molecule has 2 N–H and O–H groups in total. The summed E-state index contributed by atoms with van der Waals surface area (Å²) in [7, 11) is 0. The van der Waals surface area contributed by atoms with E-state index in [-0.39, 0.29) is 17.8 Å². The number of aliphatic hydroxyl groups excluding tert-OH is 1. The SMILES string of the molecule is O=C(NCc1cn2cc(C(O)c3ccccc3)ccc2n1)c1cc(=O)n2ccccc2n1. The minimum Gasteiger partial charge on any atom is -0.384 e. The predicted molar refractivity (Wildman–Crippen MR) is 118 cm³/mol. The Kier molecular flexibility index (Phi) is 4.97. The molecule has 0 spiro atoms. The number of amides is 1. The van der Waals surface area contributed by atoms with Gasteiger partial charge < -0.3 is 14.8 Å². The monoisotopic (exact) mass is 425 g/mol. The number of benzene rings is 1. The molecule has 158 valence electrons. The van der Waals surface area contributed by atoms with Crippen LogP contribution in [0.2, 0.25) is 0 Å². The van der Waals surface area contributed by atoms with Gasteiger partial charge in [0.15, 0.2) is 0 Å². The van der Waals surface area contributed by atoms with Gasteiger partial charge in [0, 0.05) is 30.2 Å². The molecule has 8 heteroatoms. The highest BCUT2D eigenvalue weighted by Crippen LogP contribution is 2.22. The Morgan fingerprint density at radius 1 is 0.938 bits per heavy atom. The number of hydrogen-bond donors (Lipinski definition) is 2. The Morgan fingerprint density at radius 2 is 1.75 bits per heavy atom. The van der Waals surface area contributed by atoms with Crippen molar-refractivity contribution in [1.29, 1.82) is 0 Å². The minimum absolute atomic E-state index is 0.0539. The molecule has 1 atom stereocenters. The van der Waals surface area contributed by atoms with E-state index in [1.54, 1.807) is 30.6 Å². The van der Waals surface area contributed by atoms with Crippen molar-refractivity contribution < 1.29 is 9.90 Å². The maximum atomic E-state index is 12.5. The zero-order chi connectivity index (χ0) is 22.1. The van der Waals surface area contributed by atoms with Crippen LogP contribution in [0.1, 0.15) is 33.4 Å². The fourth-order valence-electron chi connectivity index (χ4n) is 3.57. The molecule has 4 heterocycles. The molecular formula is C24H19N5O3. The van der Waals surface area contributed by atoms with Crippen LogP contribution in [0.3, 0.4) is 0 Å². The number of pyridine rings is 2. The topological polar surface area (TPSA) is 101 Å². The molecule has 0 saturated carbocycles. The lowest BCUT2D eigenvalue weighted by Gasteiger charge is -2.11. The number of carbonyl (C=O) groups is 1. The Labute approximate surface area is 182 Å². The summed E-state index contributed by atoms with van der Waals surface area (Å²) < 4.78 is 3.18.